The van der Waals surface area contributed by atoms with Crippen LogP contribution in [0.2, 0.25) is 0 Å². The highest BCUT2D eigenvalue weighted by Crippen LogP contribution is 2.40. The fourth-order valence-corrected chi connectivity index (χ4v) is 6.98. The molecule has 2 aliphatic heterocycles. The number of aromatic nitrogens is 1. The lowest BCUT2D eigenvalue weighted by molar-refractivity contribution is 0.0831. The Kier molecular flexibility index (Phi) is 4.96. The minimum absolute atomic E-state index is 0.0132. The third kappa shape index (κ3) is 3.26. The molecule has 4 heterocycles. The summed E-state index contributed by atoms with van der Waals surface area (Å²) >= 11 is 1.40. The summed E-state index contributed by atoms with van der Waals surface area (Å²) in [5.74, 6) is -0.0342. The van der Waals surface area contributed by atoms with Gasteiger partial charge in [0.05, 0.1) is 4.88 Å². The van der Waals surface area contributed by atoms with Crippen LogP contribution in [0, 0.1) is 0 Å². The normalized spacial score (nSPS) is 21.9. The molecule has 0 aliphatic carbocycles. The molecular formula is C18H24N4O3S2. The molecular weight excluding hydrogens is 384 g/mol. The van der Waals surface area contributed by atoms with E-state index in [2.05, 4.69) is 4.98 Å². The summed E-state index contributed by atoms with van der Waals surface area (Å²) in [5, 5.41) is 0.970. The van der Waals surface area contributed by atoms with E-state index >= 15 is 0 Å². The highest BCUT2D eigenvalue weighted by atomic mass is 32.2. The molecule has 2 saturated heterocycles. The van der Waals surface area contributed by atoms with Crippen LogP contribution in [0.4, 0.5) is 0 Å². The van der Waals surface area contributed by atoms with Gasteiger partial charge in [0.1, 0.15) is 4.83 Å². The molecule has 1 amide bonds. The number of amides is 1. The average Bonchev–Trinajstić information content (AvgIpc) is 3.38. The Hall–Kier alpha value is -1.55. The van der Waals surface area contributed by atoms with Crippen molar-refractivity contribution in [2.45, 2.75) is 25.2 Å². The van der Waals surface area contributed by atoms with Gasteiger partial charge in [-0.15, -0.1) is 11.3 Å². The van der Waals surface area contributed by atoms with Gasteiger partial charge in [-0.1, -0.05) is 6.07 Å². The van der Waals surface area contributed by atoms with E-state index in [0.29, 0.717) is 31.1 Å². The predicted molar refractivity (Wildman–Crippen MR) is 106 cm³/mol. The molecule has 27 heavy (non-hydrogen) atoms. The van der Waals surface area contributed by atoms with Crippen molar-refractivity contribution in [2.75, 3.05) is 40.3 Å². The van der Waals surface area contributed by atoms with Crippen LogP contribution in [-0.2, 0) is 10.2 Å². The predicted octanol–water partition coefficient (Wildman–Crippen LogP) is 2.13. The Morgan fingerprint density at radius 2 is 1.96 bits per heavy atom. The minimum atomic E-state index is -3.41. The first kappa shape index (κ1) is 18.8. The number of pyridine rings is 1. The molecule has 2 aromatic rings. The van der Waals surface area contributed by atoms with Crippen LogP contribution < -0.4 is 0 Å². The van der Waals surface area contributed by atoms with E-state index in [1.165, 1.54) is 11.3 Å². The van der Waals surface area contributed by atoms with E-state index < -0.39 is 10.2 Å². The summed E-state index contributed by atoms with van der Waals surface area (Å²) in [5.41, 5.74) is 0.959. The van der Waals surface area contributed by atoms with Crippen LogP contribution in [0.15, 0.2) is 18.3 Å². The molecule has 7 nitrogen and oxygen atoms in total. The zero-order valence-corrected chi connectivity index (χ0v) is 17.2. The number of hydrogen-bond donors (Lipinski definition) is 0. The number of thiophene rings is 1. The zero-order valence-electron chi connectivity index (χ0n) is 15.6. The Balaban J connectivity index is 1.69. The molecule has 1 atom stereocenters. The zero-order chi connectivity index (χ0) is 19.2. The van der Waals surface area contributed by atoms with Gasteiger partial charge in [0.25, 0.3) is 16.1 Å². The molecule has 9 heteroatoms. The average molecular weight is 409 g/mol. The van der Waals surface area contributed by atoms with Gasteiger partial charge in [0.15, 0.2) is 0 Å². The number of carbonyl (C=O) groups excluding carboxylic acids is 1. The Morgan fingerprint density at radius 1 is 1.22 bits per heavy atom. The summed E-state index contributed by atoms with van der Waals surface area (Å²) in [4.78, 5) is 20.2. The van der Waals surface area contributed by atoms with Gasteiger partial charge in [-0.25, -0.2) is 4.98 Å². The van der Waals surface area contributed by atoms with Crippen molar-refractivity contribution in [3.05, 3.63) is 28.8 Å². The van der Waals surface area contributed by atoms with E-state index in [0.717, 1.165) is 35.0 Å². The molecule has 2 fully saturated rings. The maximum absolute atomic E-state index is 12.9. The Labute approximate surface area is 163 Å². The van der Waals surface area contributed by atoms with Crippen LogP contribution >= 0.6 is 11.3 Å². The number of carbonyl (C=O) groups is 1. The van der Waals surface area contributed by atoms with E-state index in [9.17, 15) is 13.2 Å². The lowest BCUT2D eigenvalue weighted by Gasteiger charge is -2.23. The molecule has 2 aromatic heterocycles. The fraction of sp³-hybridized carbons (Fsp3) is 0.556. The van der Waals surface area contributed by atoms with Gasteiger partial charge >= 0.3 is 0 Å². The van der Waals surface area contributed by atoms with E-state index in [-0.39, 0.29) is 11.8 Å². The van der Waals surface area contributed by atoms with Crippen molar-refractivity contribution < 1.29 is 13.2 Å². The van der Waals surface area contributed by atoms with Crippen LogP contribution in [-0.4, -0.2) is 73.1 Å². The largest absolute Gasteiger partial charge is 0.344 e. The molecule has 146 valence electrons. The van der Waals surface area contributed by atoms with Crippen LogP contribution in [0.1, 0.15) is 40.4 Å². The Morgan fingerprint density at radius 3 is 2.67 bits per heavy atom. The molecule has 2 aliphatic rings. The van der Waals surface area contributed by atoms with Crippen LogP contribution in [0.25, 0.3) is 10.2 Å². The molecule has 0 N–H and O–H groups in total. The van der Waals surface area contributed by atoms with Crippen molar-refractivity contribution in [3.8, 4) is 0 Å². The molecule has 0 bridgehead atoms. The van der Waals surface area contributed by atoms with Crippen molar-refractivity contribution in [2.24, 2.45) is 0 Å². The molecule has 0 unspecified atom stereocenters. The number of hydrogen-bond acceptors (Lipinski definition) is 5. The monoisotopic (exact) mass is 408 g/mol. The van der Waals surface area contributed by atoms with Gasteiger partial charge in [0.2, 0.25) is 0 Å². The van der Waals surface area contributed by atoms with Crippen LogP contribution in [0.5, 0.6) is 0 Å². The SMILES string of the molecule is CN(C)C(=O)c1sc2ncccc2c1[C@@H]1CCN(S(=O)(=O)N2CCCC2)C1. The van der Waals surface area contributed by atoms with Crippen molar-refractivity contribution >= 4 is 37.7 Å². The standard InChI is InChI=1S/C18H24N4O3S2/c1-20(2)18(23)16-15(14-6-5-8-19-17(14)26-16)13-7-11-22(12-13)27(24,25)21-9-3-4-10-21/h5-6,8,13H,3-4,7,9-12H2,1-2H3/t13-/m1/s1. The second kappa shape index (κ2) is 7.12. The van der Waals surface area contributed by atoms with Crippen molar-refractivity contribution in [1.29, 1.82) is 0 Å². The lowest BCUT2D eigenvalue weighted by Crippen LogP contribution is -2.41. The quantitative estimate of drug-likeness (QED) is 0.777. The summed E-state index contributed by atoms with van der Waals surface area (Å²) < 4.78 is 29.0. The van der Waals surface area contributed by atoms with E-state index in [1.54, 1.807) is 33.8 Å². The molecule has 0 saturated carbocycles. The lowest BCUT2D eigenvalue weighted by atomic mass is 9.95. The maximum Gasteiger partial charge on any atom is 0.281 e. The second-order valence-corrected chi connectivity index (χ2v) is 10.3. The topological polar surface area (TPSA) is 73.8 Å². The van der Waals surface area contributed by atoms with Gasteiger partial charge in [-0.3, -0.25) is 4.79 Å². The number of nitrogens with zero attached hydrogens (tertiary/aromatic N) is 4. The summed E-state index contributed by atoms with van der Waals surface area (Å²) in [7, 11) is 0.0716. The maximum atomic E-state index is 12.9. The molecule has 0 spiro atoms. The minimum Gasteiger partial charge on any atom is -0.344 e. The third-order valence-electron chi connectivity index (χ3n) is 5.38. The van der Waals surface area contributed by atoms with E-state index in [4.69, 9.17) is 0 Å². The Bertz CT molecular complexity index is 964. The smallest absolute Gasteiger partial charge is 0.281 e. The molecule has 0 radical (unpaired) electrons. The van der Waals surface area contributed by atoms with Gasteiger partial charge in [0, 0.05) is 57.8 Å². The van der Waals surface area contributed by atoms with Crippen molar-refractivity contribution in [3.63, 3.8) is 0 Å². The van der Waals surface area contributed by atoms with Crippen LogP contribution in [0.3, 0.4) is 0 Å². The fourth-order valence-electron chi connectivity index (χ4n) is 3.97. The molecule has 0 aromatic carbocycles. The highest BCUT2D eigenvalue weighted by molar-refractivity contribution is 7.86. The van der Waals surface area contributed by atoms with Gasteiger partial charge in [-0.05, 0) is 30.9 Å². The highest BCUT2D eigenvalue weighted by Gasteiger charge is 2.39. The summed E-state index contributed by atoms with van der Waals surface area (Å²) in [6, 6.07) is 3.86. The van der Waals surface area contributed by atoms with E-state index in [1.807, 2.05) is 12.1 Å². The third-order valence-corrected chi connectivity index (χ3v) is 8.50. The first-order valence-corrected chi connectivity index (χ1v) is 11.4. The first-order valence-electron chi connectivity index (χ1n) is 9.24. The second-order valence-electron chi connectivity index (χ2n) is 7.36. The summed E-state index contributed by atoms with van der Waals surface area (Å²) in [6.07, 6.45) is 4.31. The molecule has 4 rings (SSSR count). The summed E-state index contributed by atoms with van der Waals surface area (Å²) in [6.45, 7) is 2.14. The van der Waals surface area contributed by atoms with Gasteiger partial charge in [-0.2, -0.15) is 17.0 Å². The number of fused-ring (bicyclic) bond motifs is 1. The van der Waals surface area contributed by atoms with Crippen molar-refractivity contribution in [1.82, 2.24) is 18.5 Å². The first-order chi connectivity index (χ1) is 12.9. The van der Waals surface area contributed by atoms with Gasteiger partial charge < -0.3 is 4.90 Å². The number of rotatable bonds is 4.